The molecule has 1 aromatic carbocycles. The average molecular weight is 387 g/mol. The SMILES string of the molecule is CCc1nc(SCc2cc3c(cc2Cl)OCO3)c(C#N)c2c1CCCC2. The fourth-order valence-corrected chi connectivity index (χ4v) is 4.92. The van der Waals surface area contributed by atoms with E-state index in [4.69, 9.17) is 26.1 Å². The van der Waals surface area contributed by atoms with Crippen LogP contribution in [0.1, 0.15) is 47.7 Å². The molecule has 1 aliphatic carbocycles. The number of rotatable bonds is 4. The van der Waals surface area contributed by atoms with Crippen LogP contribution in [0.4, 0.5) is 0 Å². The highest BCUT2D eigenvalue weighted by atomic mass is 35.5. The number of hydrogen-bond donors (Lipinski definition) is 0. The van der Waals surface area contributed by atoms with E-state index in [9.17, 15) is 5.26 Å². The number of fused-ring (bicyclic) bond motifs is 2. The number of aryl methyl sites for hydroxylation is 1. The maximum Gasteiger partial charge on any atom is 0.231 e. The van der Waals surface area contributed by atoms with Gasteiger partial charge in [0.1, 0.15) is 11.1 Å². The van der Waals surface area contributed by atoms with Crippen LogP contribution < -0.4 is 9.47 Å². The highest BCUT2D eigenvalue weighted by Gasteiger charge is 2.22. The van der Waals surface area contributed by atoms with Crippen LogP contribution in [0.25, 0.3) is 0 Å². The van der Waals surface area contributed by atoms with E-state index in [-0.39, 0.29) is 6.79 Å². The maximum atomic E-state index is 9.75. The van der Waals surface area contributed by atoms with E-state index in [0.29, 0.717) is 16.5 Å². The Morgan fingerprint density at radius 2 is 1.92 bits per heavy atom. The molecule has 1 aromatic heterocycles. The molecule has 2 aromatic rings. The van der Waals surface area contributed by atoms with Gasteiger partial charge in [-0.2, -0.15) is 5.26 Å². The first-order valence-electron chi connectivity index (χ1n) is 8.86. The lowest BCUT2D eigenvalue weighted by Gasteiger charge is -2.21. The zero-order valence-corrected chi connectivity index (χ0v) is 16.2. The van der Waals surface area contributed by atoms with Gasteiger partial charge < -0.3 is 9.47 Å². The van der Waals surface area contributed by atoms with Crippen molar-refractivity contribution in [3.8, 4) is 17.6 Å². The van der Waals surface area contributed by atoms with Gasteiger partial charge in [0.25, 0.3) is 0 Å². The summed E-state index contributed by atoms with van der Waals surface area (Å²) in [5, 5.41) is 11.2. The molecule has 0 N–H and O–H groups in total. The topological polar surface area (TPSA) is 55.1 Å². The summed E-state index contributed by atoms with van der Waals surface area (Å²) in [6, 6.07) is 6.12. The summed E-state index contributed by atoms with van der Waals surface area (Å²) in [5.74, 6) is 2.04. The molecule has 4 nitrogen and oxygen atoms in total. The lowest BCUT2D eigenvalue weighted by Crippen LogP contribution is -2.12. The first kappa shape index (κ1) is 17.5. The minimum Gasteiger partial charge on any atom is -0.454 e. The summed E-state index contributed by atoms with van der Waals surface area (Å²) < 4.78 is 10.8. The van der Waals surface area contributed by atoms with Crippen LogP contribution in [0.3, 0.4) is 0 Å². The Bertz CT molecular complexity index is 908. The first-order chi connectivity index (χ1) is 12.7. The number of hydrogen-bond acceptors (Lipinski definition) is 5. The van der Waals surface area contributed by atoms with Gasteiger partial charge in [-0.1, -0.05) is 18.5 Å². The van der Waals surface area contributed by atoms with Gasteiger partial charge in [-0.05, 0) is 54.9 Å². The Balaban J connectivity index is 1.66. The summed E-state index contributed by atoms with van der Waals surface area (Å²) >= 11 is 7.96. The van der Waals surface area contributed by atoms with Gasteiger partial charge in [-0.25, -0.2) is 4.98 Å². The fraction of sp³-hybridized carbons (Fsp3) is 0.400. The highest BCUT2D eigenvalue weighted by molar-refractivity contribution is 7.98. The van der Waals surface area contributed by atoms with Crippen LogP contribution in [0.5, 0.6) is 11.5 Å². The van der Waals surface area contributed by atoms with Crippen molar-refractivity contribution in [1.82, 2.24) is 4.98 Å². The minimum atomic E-state index is 0.229. The zero-order valence-electron chi connectivity index (χ0n) is 14.6. The van der Waals surface area contributed by atoms with Crippen molar-refractivity contribution < 1.29 is 9.47 Å². The number of halogens is 1. The molecule has 0 bridgehead atoms. The van der Waals surface area contributed by atoms with E-state index in [1.807, 2.05) is 6.07 Å². The second kappa shape index (κ2) is 7.38. The third-order valence-corrected chi connectivity index (χ3v) is 6.30. The quantitative estimate of drug-likeness (QED) is 0.686. The molecular formula is C20H19ClN2O2S. The molecule has 0 saturated heterocycles. The van der Waals surface area contributed by atoms with E-state index in [0.717, 1.165) is 53.3 Å². The monoisotopic (exact) mass is 386 g/mol. The highest BCUT2D eigenvalue weighted by Crippen LogP contribution is 2.40. The zero-order chi connectivity index (χ0) is 18.1. The van der Waals surface area contributed by atoms with Crippen LogP contribution >= 0.6 is 23.4 Å². The molecule has 0 atom stereocenters. The van der Waals surface area contributed by atoms with Gasteiger partial charge in [0.15, 0.2) is 11.5 Å². The Morgan fingerprint density at radius 1 is 1.19 bits per heavy atom. The van der Waals surface area contributed by atoms with Gasteiger partial charge in [0.05, 0.1) is 5.56 Å². The predicted octanol–water partition coefficient (Wildman–Crippen LogP) is 5.07. The summed E-state index contributed by atoms with van der Waals surface area (Å²) in [7, 11) is 0. The molecule has 0 amide bonds. The van der Waals surface area contributed by atoms with Gasteiger partial charge in [0.2, 0.25) is 6.79 Å². The molecule has 2 heterocycles. The molecule has 134 valence electrons. The summed E-state index contributed by atoms with van der Waals surface area (Å²) in [4.78, 5) is 4.83. The number of pyridine rings is 1. The molecule has 0 radical (unpaired) electrons. The summed E-state index contributed by atoms with van der Waals surface area (Å²) in [6.07, 6.45) is 5.25. The van der Waals surface area contributed by atoms with Gasteiger partial charge in [0, 0.05) is 22.5 Å². The molecule has 0 unspecified atom stereocenters. The number of nitriles is 1. The third kappa shape index (κ3) is 3.13. The normalized spacial score (nSPS) is 14.8. The Labute approximate surface area is 162 Å². The van der Waals surface area contributed by atoms with Crippen LogP contribution in [-0.4, -0.2) is 11.8 Å². The lowest BCUT2D eigenvalue weighted by molar-refractivity contribution is 0.174. The number of thioether (sulfide) groups is 1. The second-order valence-corrected chi connectivity index (χ2v) is 7.83. The number of ether oxygens (including phenoxy) is 2. The largest absolute Gasteiger partial charge is 0.454 e. The van der Waals surface area contributed by atoms with Crippen LogP contribution in [0.15, 0.2) is 17.2 Å². The van der Waals surface area contributed by atoms with Crippen molar-refractivity contribution >= 4 is 23.4 Å². The maximum absolute atomic E-state index is 9.75. The molecular weight excluding hydrogens is 368 g/mol. The smallest absolute Gasteiger partial charge is 0.231 e. The van der Waals surface area contributed by atoms with Gasteiger partial charge in [-0.15, -0.1) is 11.8 Å². The van der Waals surface area contributed by atoms with Crippen LogP contribution in [-0.2, 0) is 25.0 Å². The van der Waals surface area contributed by atoms with E-state index in [1.54, 1.807) is 17.8 Å². The molecule has 0 spiro atoms. The summed E-state index contributed by atoms with van der Waals surface area (Å²) in [6.45, 7) is 2.36. The minimum absolute atomic E-state index is 0.229. The molecule has 0 fully saturated rings. The summed E-state index contributed by atoms with van der Waals surface area (Å²) in [5.41, 5.74) is 5.37. The Morgan fingerprint density at radius 3 is 2.65 bits per heavy atom. The van der Waals surface area contributed by atoms with Crippen molar-refractivity contribution in [2.75, 3.05) is 6.79 Å². The molecule has 26 heavy (non-hydrogen) atoms. The fourth-order valence-electron chi connectivity index (χ4n) is 3.60. The third-order valence-electron chi connectivity index (χ3n) is 4.92. The van der Waals surface area contributed by atoms with E-state index in [1.165, 1.54) is 17.5 Å². The lowest BCUT2D eigenvalue weighted by atomic mass is 9.87. The van der Waals surface area contributed by atoms with E-state index >= 15 is 0 Å². The van der Waals surface area contributed by atoms with Gasteiger partial charge in [-0.3, -0.25) is 0 Å². The Hall–Kier alpha value is -1.90. The van der Waals surface area contributed by atoms with Crippen molar-refractivity contribution in [3.63, 3.8) is 0 Å². The molecule has 4 rings (SSSR count). The van der Waals surface area contributed by atoms with Crippen LogP contribution in [0, 0.1) is 11.3 Å². The van der Waals surface area contributed by atoms with Crippen LogP contribution in [0.2, 0.25) is 5.02 Å². The van der Waals surface area contributed by atoms with Crippen molar-refractivity contribution in [2.45, 2.75) is 49.8 Å². The van der Waals surface area contributed by atoms with Crippen molar-refractivity contribution in [2.24, 2.45) is 0 Å². The van der Waals surface area contributed by atoms with Crippen molar-refractivity contribution in [1.29, 1.82) is 5.26 Å². The Kier molecular flexibility index (Phi) is 4.97. The molecule has 0 saturated carbocycles. The molecule has 1 aliphatic heterocycles. The molecule has 6 heteroatoms. The predicted molar refractivity (Wildman–Crippen MR) is 102 cm³/mol. The standard InChI is InChI=1S/C20H19ClN2O2S/c1-2-17-14-6-4-3-5-13(14)15(9-22)20(23-17)26-10-12-7-18-19(8-16(12)21)25-11-24-18/h7-8H,2-6,10-11H2,1H3. The van der Waals surface area contributed by atoms with E-state index in [2.05, 4.69) is 13.0 Å². The number of nitrogens with zero attached hydrogens (tertiary/aromatic N) is 2. The average Bonchev–Trinajstić information content (AvgIpc) is 3.12. The number of benzene rings is 1. The van der Waals surface area contributed by atoms with Crippen molar-refractivity contribution in [3.05, 3.63) is 45.1 Å². The first-order valence-corrected chi connectivity index (χ1v) is 10.2. The second-order valence-electron chi connectivity index (χ2n) is 6.45. The molecule has 2 aliphatic rings. The van der Waals surface area contributed by atoms with Gasteiger partial charge >= 0.3 is 0 Å². The number of aromatic nitrogens is 1. The van der Waals surface area contributed by atoms with E-state index < -0.39 is 0 Å².